The monoisotopic (exact) mass is 906 g/mol. The standard InChI is InChI=1S/C67H42N2S/c1-3-19-43(20-4-1)68(45-35-37-49-51-26-11-16-32-62(51)69(44-21-5-2-6-22-44)63-33-17-12-27-52(63)56(49)41-45)46-36-39-60-57(42-46)48-24-8-7-23-47(48)50-25-9-14-30-58(50)67(60)59-31-15-10-29-55(59)65-61(67)40-38-54-53-28-13-18-34-64(53)70-66(54)65/h1-42H. The molecule has 3 aliphatic rings. The van der Waals surface area contributed by atoms with Crippen molar-refractivity contribution in [1.29, 1.82) is 0 Å². The van der Waals surface area contributed by atoms with Crippen LogP contribution in [0.4, 0.5) is 34.1 Å². The minimum atomic E-state index is -0.594. The summed E-state index contributed by atoms with van der Waals surface area (Å²) in [6, 6.07) is 95.1. The normalized spacial score (nSPS) is 14.6. The van der Waals surface area contributed by atoms with Crippen LogP contribution in [0.5, 0.6) is 0 Å². The van der Waals surface area contributed by atoms with Gasteiger partial charge in [-0.1, -0.05) is 188 Å². The summed E-state index contributed by atoms with van der Waals surface area (Å²) in [5, 5.41) is 2.65. The van der Waals surface area contributed by atoms with Crippen LogP contribution in [0.1, 0.15) is 22.3 Å². The topological polar surface area (TPSA) is 6.48 Å². The third-order valence-electron chi connectivity index (χ3n) is 15.2. The third-order valence-corrected chi connectivity index (χ3v) is 16.4. The fourth-order valence-corrected chi connectivity index (χ4v) is 13.7. The van der Waals surface area contributed by atoms with Crippen LogP contribution in [0.3, 0.4) is 0 Å². The smallest absolute Gasteiger partial charge is 0.0726 e. The Kier molecular flexibility index (Phi) is 8.48. The number of hydrogen-bond donors (Lipinski definition) is 0. The van der Waals surface area contributed by atoms with Gasteiger partial charge in [-0.05, 0) is 128 Å². The van der Waals surface area contributed by atoms with Crippen molar-refractivity contribution in [3.8, 4) is 55.6 Å². The number of rotatable bonds is 4. The average Bonchev–Trinajstić information content (AvgIpc) is 3.89. The van der Waals surface area contributed by atoms with Crippen LogP contribution in [0, 0.1) is 0 Å². The van der Waals surface area contributed by atoms with Crippen molar-refractivity contribution in [3.05, 3.63) is 277 Å². The molecule has 0 fully saturated rings. The SMILES string of the molecule is c1ccc(N(c2ccc3c(c2)-c2ccccc2N(c2ccccc2)c2ccccc2-3)c2ccc3c(c2)-c2ccccc2-c2ccccc2C32c3ccccc3-c3c2ccc2c3sc3ccccc32)cc1. The molecule has 1 atom stereocenters. The number of para-hydroxylation sites is 4. The summed E-state index contributed by atoms with van der Waals surface area (Å²) in [5.74, 6) is 0. The first-order chi connectivity index (χ1) is 34.8. The van der Waals surface area contributed by atoms with Crippen molar-refractivity contribution < 1.29 is 0 Å². The van der Waals surface area contributed by atoms with E-state index < -0.39 is 5.41 Å². The summed E-state index contributed by atoms with van der Waals surface area (Å²) in [4.78, 5) is 4.88. The predicted molar refractivity (Wildman–Crippen MR) is 295 cm³/mol. The molecule has 2 aliphatic carbocycles. The van der Waals surface area contributed by atoms with E-state index in [1.54, 1.807) is 0 Å². The fraction of sp³-hybridized carbons (Fsp3) is 0.0149. The zero-order valence-electron chi connectivity index (χ0n) is 38.1. The van der Waals surface area contributed by atoms with Gasteiger partial charge in [-0.3, -0.25) is 0 Å². The largest absolute Gasteiger partial charge is 0.310 e. The van der Waals surface area contributed by atoms with Crippen LogP contribution in [0.25, 0.3) is 75.8 Å². The molecule has 2 nitrogen and oxygen atoms in total. The van der Waals surface area contributed by atoms with Crippen LogP contribution >= 0.6 is 11.3 Å². The Labute approximate surface area is 411 Å². The number of hydrogen-bond acceptors (Lipinski definition) is 3. The molecule has 1 aliphatic heterocycles. The van der Waals surface area contributed by atoms with Crippen molar-refractivity contribution in [2.45, 2.75) is 5.41 Å². The summed E-state index contributed by atoms with van der Waals surface area (Å²) in [6.07, 6.45) is 0. The lowest BCUT2D eigenvalue weighted by Gasteiger charge is -2.36. The van der Waals surface area contributed by atoms with Crippen molar-refractivity contribution in [2.24, 2.45) is 0 Å². The van der Waals surface area contributed by atoms with E-state index in [4.69, 9.17) is 0 Å². The van der Waals surface area contributed by atoms with Crippen LogP contribution in [-0.2, 0) is 5.41 Å². The molecule has 2 heterocycles. The lowest BCUT2D eigenvalue weighted by molar-refractivity contribution is 0.776. The number of benzene rings is 11. The van der Waals surface area contributed by atoms with Gasteiger partial charge in [0.25, 0.3) is 0 Å². The van der Waals surface area contributed by atoms with Gasteiger partial charge < -0.3 is 9.80 Å². The maximum absolute atomic E-state index is 2.49. The molecule has 0 bridgehead atoms. The molecule has 0 amide bonds. The van der Waals surface area contributed by atoms with E-state index in [2.05, 4.69) is 265 Å². The number of anilines is 6. The van der Waals surface area contributed by atoms with Crippen molar-refractivity contribution in [3.63, 3.8) is 0 Å². The summed E-state index contributed by atoms with van der Waals surface area (Å²) < 4.78 is 2.68. The molecule has 0 radical (unpaired) electrons. The first kappa shape index (κ1) is 39.3. The van der Waals surface area contributed by atoms with Crippen LogP contribution in [0.2, 0.25) is 0 Å². The molecule has 1 spiro atoms. The predicted octanol–water partition coefficient (Wildman–Crippen LogP) is 18.7. The lowest BCUT2D eigenvalue weighted by atomic mass is 9.66. The number of fused-ring (bicyclic) bond motifs is 21. The maximum Gasteiger partial charge on any atom is 0.0726 e. The molecule has 15 rings (SSSR count). The summed E-state index contributed by atoms with van der Waals surface area (Å²) in [7, 11) is 0. The van der Waals surface area contributed by atoms with E-state index in [1.807, 2.05) is 11.3 Å². The van der Waals surface area contributed by atoms with E-state index >= 15 is 0 Å². The minimum Gasteiger partial charge on any atom is -0.310 e. The second kappa shape index (κ2) is 15.1. The quantitative estimate of drug-likeness (QED) is 0.174. The Morgan fingerprint density at radius 1 is 0.314 bits per heavy atom. The van der Waals surface area contributed by atoms with Gasteiger partial charge in [0, 0.05) is 59.6 Å². The highest BCUT2D eigenvalue weighted by Crippen LogP contribution is 2.64. The summed E-state index contributed by atoms with van der Waals surface area (Å²) in [6.45, 7) is 0. The molecule has 12 aromatic rings. The lowest BCUT2D eigenvalue weighted by Crippen LogP contribution is -2.29. The Hall–Kier alpha value is -8.76. The summed E-state index contributed by atoms with van der Waals surface area (Å²) >= 11 is 1.93. The third kappa shape index (κ3) is 5.44. The highest BCUT2D eigenvalue weighted by molar-refractivity contribution is 7.26. The minimum absolute atomic E-state index is 0.594. The first-order valence-corrected chi connectivity index (χ1v) is 25.0. The van der Waals surface area contributed by atoms with E-state index in [1.165, 1.54) is 98.1 Å². The summed E-state index contributed by atoms with van der Waals surface area (Å²) in [5.41, 5.74) is 23.9. The van der Waals surface area contributed by atoms with Gasteiger partial charge in [0.05, 0.1) is 16.8 Å². The molecule has 326 valence electrons. The van der Waals surface area contributed by atoms with Gasteiger partial charge in [0.1, 0.15) is 0 Å². The molecule has 0 N–H and O–H groups in total. The zero-order valence-corrected chi connectivity index (χ0v) is 38.9. The van der Waals surface area contributed by atoms with Gasteiger partial charge in [-0.25, -0.2) is 0 Å². The van der Waals surface area contributed by atoms with Crippen LogP contribution in [-0.4, -0.2) is 0 Å². The van der Waals surface area contributed by atoms with Gasteiger partial charge >= 0.3 is 0 Å². The van der Waals surface area contributed by atoms with Gasteiger partial charge in [-0.15, -0.1) is 11.3 Å². The van der Waals surface area contributed by atoms with E-state index in [0.717, 1.165) is 34.1 Å². The first-order valence-electron chi connectivity index (χ1n) is 24.2. The molecule has 0 saturated heterocycles. The zero-order chi connectivity index (χ0) is 45.9. The molecule has 0 saturated carbocycles. The van der Waals surface area contributed by atoms with Gasteiger partial charge in [0.2, 0.25) is 0 Å². The average molecular weight is 907 g/mol. The van der Waals surface area contributed by atoms with Crippen LogP contribution in [0.15, 0.2) is 255 Å². The van der Waals surface area contributed by atoms with Gasteiger partial charge in [0.15, 0.2) is 0 Å². The van der Waals surface area contributed by atoms with Crippen molar-refractivity contribution in [2.75, 3.05) is 9.80 Å². The molecule has 1 aromatic heterocycles. The molecular formula is C67H42N2S. The van der Waals surface area contributed by atoms with Crippen LogP contribution < -0.4 is 9.80 Å². The highest BCUT2D eigenvalue weighted by atomic mass is 32.1. The molecule has 11 aromatic carbocycles. The molecule has 3 heteroatoms. The Morgan fingerprint density at radius 3 is 1.56 bits per heavy atom. The Morgan fingerprint density at radius 2 is 0.814 bits per heavy atom. The molecular weight excluding hydrogens is 865 g/mol. The Bertz CT molecular complexity index is 4090. The van der Waals surface area contributed by atoms with Crippen molar-refractivity contribution in [1.82, 2.24) is 0 Å². The van der Waals surface area contributed by atoms with E-state index in [9.17, 15) is 0 Å². The number of nitrogens with zero attached hydrogens (tertiary/aromatic N) is 2. The van der Waals surface area contributed by atoms with Gasteiger partial charge in [-0.2, -0.15) is 0 Å². The van der Waals surface area contributed by atoms with E-state index in [-0.39, 0.29) is 0 Å². The second-order valence-electron chi connectivity index (χ2n) is 18.7. The highest BCUT2D eigenvalue weighted by Gasteiger charge is 2.50. The molecule has 1 unspecified atom stereocenters. The fourth-order valence-electron chi connectivity index (χ4n) is 12.4. The van der Waals surface area contributed by atoms with Crippen molar-refractivity contribution >= 4 is 65.6 Å². The maximum atomic E-state index is 2.49. The second-order valence-corrected chi connectivity index (χ2v) is 19.7. The van der Waals surface area contributed by atoms with E-state index in [0.29, 0.717) is 0 Å². The molecule has 70 heavy (non-hydrogen) atoms. The number of thiophene rings is 1. The Balaban J connectivity index is 0.998.